The molecule has 1 atom stereocenters. The smallest absolute Gasteiger partial charge is 0.359 e. The molecule has 0 bridgehead atoms. The summed E-state index contributed by atoms with van der Waals surface area (Å²) in [6, 6.07) is 13.8. The number of benzene rings is 2. The third kappa shape index (κ3) is 5.47. The van der Waals surface area contributed by atoms with Gasteiger partial charge in [0.05, 0.1) is 7.11 Å². The Bertz CT molecular complexity index is 688. The summed E-state index contributed by atoms with van der Waals surface area (Å²) in [7, 11) is 1.64. The number of rotatable bonds is 8. The minimum Gasteiger partial charge on any atom is -0.634 e. The molecule has 0 aliphatic heterocycles. The van der Waals surface area contributed by atoms with E-state index in [1.807, 2.05) is 42.5 Å². The van der Waals surface area contributed by atoms with Gasteiger partial charge in [0.2, 0.25) is 0 Å². The Hall–Kier alpha value is -1.64. The number of hydrogen-bond acceptors (Lipinski definition) is 3. The van der Waals surface area contributed by atoms with Gasteiger partial charge < -0.3 is 20.1 Å². The summed E-state index contributed by atoms with van der Waals surface area (Å²) in [5.41, 5.74) is 3.23. The van der Waals surface area contributed by atoms with Crippen LogP contribution in [0.1, 0.15) is 16.7 Å². The van der Waals surface area contributed by atoms with E-state index in [2.05, 4.69) is 22.6 Å². The normalized spacial score (nSPS) is 12.0. The molecule has 0 spiro atoms. The average molecular weight is 441 g/mol. The van der Waals surface area contributed by atoms with Gasteiger partial charge in [-0.1, -0.05) is 24.3 Å². The van der Waals surface area contributed by atoms with Crippen LogP contribution in [0, 0.1) is 8.78 Å². The minimum atomic E-state index is -1.08. The van der Waals surface area contributed by atoms with Crippen molar-refractivity contribution in [2.75, 3.05) is 13.7 Å². The van der Waals surface area contributed by atoms with E-state index in [9.17, 15) is 10.0 Å². The number of nitrogens with one attached hydrogen (secondary N) is 1. The molecule has 0 amide bonds. The van der Waals surface area contributed by atoms with Gasteiger partial charge in [-0.25, -0.2) is 4.79 Å². The van der Waals surface area contributed by atoms with E-state index in [1.165, 1.54) is 5.56 Å². The van der Waals surface area contributed by atoms with E-state index in [-0.39, 0.29) is 11.6 Å². The van der Waals surface area contributed by atoms with Crippen LogP contribution < -0.4 is 9.80 Å². The van der Waals surface area contributed by atoms with Crippen LogP contribution in [0.4, 0.5) is 0 Å². The van der Waals surface area contributed by atoms with Crippen molar-refractivity contribution in [2.24, 2.45) is 0 Å². The molecule has 0 saturated carbocycles. The van der Waals surface area contributed by atoms with Gasteiger partial charge in [-0.2, -0.15) is 0 Å². The van der Waals surface area contributed by atoms with Crippen molar-refractivity contribution in [2.45, 2.75) is 19.4 Å². The van der Waals surface area contributed by atoms with Gasteiger partial charge in [-0.15, -0.1) is 0 Å². The molecule has 2 rings (SSSR count). The number of carboxylic acid groups (broad SMARTS) is 1. The van der Waals surface area contributed by atoms with Crippen molar-refractivity contribution in [1.29, 1.82) is 0 Å². The molecular formula is C18H20INO4. The van der Waals surface area contributed by atoms with Gasteiger partial charge in [-0.05, 0) is 64.8 Å². The molecule has 0 saturated heterocycles. The molecule has 0 aliphatic carbocycles. The summed E-state index contributed by atoms with van der Waals surface area (Å²) in [6.07, 6.45) is 1.66. The molecule has 0 fully saturated rings. The molecule has 2 aromatic rings. The standard InChI is InChI=1S/C18H20INO4/c1-24-15-8-5-13(6-9-15)7-10-16-14(3-2-4-17(16)19)11-20(23)12-18(21)22/h2-6,8-9,20H,7,10-12H2,1H3,(H,21,22). The highest BCUT2D eigenvalue weighted by atomic mass is 127. The van der Waals surface area contributed by atoms with Crippen LogP contribution in [-0.2, 0) is 24.2 Å². The second-order valence-corrected chi connectivity index (χ2v) is 6.67. The van der Waals surface area contributed by atoms with Crippen LogP contribution >= 0.6 is 22.6 Å². The zero-order valence-electron chi connectivity index (χ0n) is 13.4. The summed E-state index contributed by atoms with van der Waals surface area (Å²) in [5, 5.41) is 20.3. The van der Waals surface area contributed by atoms with Gasteiger partial charge in [0.25, 0.3) is 0 Å². The number of hydroxylamine groups is 2. The monoisotopic (exact) mass is 441 g/mol. The highest BCUT2D eigenvalue weighted by Crippen LogP contribution is 2.20. The zero-order valence-corrected chi connectivity index (χ0v) is 15.6. The van der Waals surface area contributed by atoms with Gasteiger partial charge in [-0.3, -0.25) is 0 Å². The number of carboxylic acids is 1. The van der Waals surface area contributed by atoms with Crippen LogP contribution in [0.15, 0.2) is 42.5 Å². The Kier molecular flexibility index (Phi) is 7.01. The van der Waals surface area contributed by atoms with E-state index in [0.29, 0.717) is 0 Å². The Labute approximate surface area is 155 Å². The van der Waals surface area contributed by atoms with Crippen molar-refractivity contribution in [1.82, 2.24) is 0 Å². The summed E-state index contributed by atoms with van der Waals surface area (Å²) in [4.78, 5) is 10.7. The van der Waals surface area contributed by atoms with Crippen molar-refractivity contribution in [3.05, 3.63) is 67.9 Å². The third-order valence-corrected chi connectivity index (χ3v) is 4.79. The number of ether oxygens (including phenoxy) is 1. The molecule has 24 heavy (non-hydrogen) atoms. The number of carbonyl (C=O) groups is 1. The third-order valence-electron chi connectivity index (χ3n) is 3.77. The van der Waals surface area contributed by atoms with Crippen molar-refractivity contribution < 1.29 is 19.7 Å². The van der Waals surface area contributed by atoms with Crippen molar-refractivity contribution >= 4 is 28.6 Å². The van der Waals surface area contributed by atoms with Crippen molar-refractivity contribution in [3.8, 4) is 5.75 Å². The largest absolute Gasteiger partial charge is 0.634 e. The molecule has 5 nitrogen and oxygen atoms in total. The first-order valence-corrected chi connectivity index (χ1v) is 8.70. The molecule has 128 valence electrons. The van der Waals surface area contributed by atoms with Crippen LogP contribution in [0.3, 0.4) is 0 Å². The predicted molar refractivity (Wildman–Crippen MR) is 100 cm³/mol. The molecule has 6 heteroatoms. The molecule has 0 heterocycles. The van der Waals surface area contributed by atoms with Gasteiger partial charge >= 0.3 is 5.97 Å². The Balaban J connectivity index is 2.09. The average Bonchev–Trinajstić information content (AvgIpc) is 2.54. The fourth-order valence-corrected chi connectivity index (χ4v) is 3.38. The van der Waals surface area contributed by atoms with E-state index in [1.54, 1.807) is 7.11 Å². The Morgan fingerprint density at radius 1 is 1.21 bits per heavy atom. The summed E-state index contributed by atoms with van der Waals surface area (Å²) < 4.78 is 6.26. The van der Waals surface area contributed by atoms with Crippen LogP contribution in [0.5, 0.6) is 5.75 Å². The van der Waals surface area contributed by atoms with Crippen molar-refractivity contribution in [3.63, 3.8) is 0 Å². The maximum atomic E-state index is 11.8. The number of aryl methyl sites for hydroxylation is 1. The summed E-state index contributed by atoms with van der Waals surface area (Å²) in [6.45, 7) is -0.259. The van der Waals surface area contributed by atoms with Crippen LogP contribution in [0.25, 0.3) is 0 Å². The summed E-state index contributed by atoms with van der Waals surface area (Å²) >= 11 is 2.26. The molecule has 1 unspecified atom stereocenters. The fourth-order valence-electron chi connectivity index (χ4n) is 2.55. The topological polar surface area (TPSA) is 74.0 Å². The highest BCUT2D eigenvalue weighted by molar-refractivity contribution is 14.1. The van der Waals surface area contributed by atoms with E-state index in [4.69, 9.17) is 9.84 Å². The maximum Gasteiger partial charge on any atom is 0.359 e. The lowest BCUT2D eigenvalue weighted by Crippen LogP contribution is -3.06. The number of halogens is 1. The van der Waals surface area contributed by atoms with Crippen LogP contribution in [0.2, 0.25) is 0 Å². The lowest BCUT2D eigenvalue weighted by molar-refractivity contribution is -0.854. The molecular weight excluding hydrogens is 421 g/mol. The number of methoxy groups -OCH3 is 1. The van der Waals surface area contributed by atoms with E-state index in [0.717, 1.165) is 33.3 Å². The van der Waals surface area contributed by atoms with Gasteiger partial charge in [0.15, 0.2) is 6.54 Å². The summed E-state index contributed by atoms with van der Waals surface area (Å²) in [5.74, 6) is -0.251. The predicted octanol–water partition coefficient (Wildman–Crippen LogP) is 2.05. The maximum absolute atomic E-state index is 11.8. The highest BCUT2D eigenvalue weighted by Gasteiger charge is 2.12. The molecule has 0 radical (unpaired) electrons. The number of hydrogen-bond donors (Lipinski definition) is 2. The SMILES string of the molecule is COc1ccc(CCc2c(I)cccc2C[NH+]([O-])CC(=O)O)cc1. The minimum absolute atomic E-state index is 0.168. The van der Waals surface area contributed by atoms with E-state index < -0.39 is 12.5 Å². The molecule has 2 aromatic carbocycles. The lowest BCUT2D eigenvalue weighted by atomic mass is 9.99. The zero-order chi connectivity index (χ0) is 17.5. The second-order valence-electron chi connectivity index (χ2n) is 5.51. The molecule has 2 N–H and O–H groups in total. The quantitative estimate of drug-likeness (QED) is 0.486. The fraction of sp³-hybridized carbons (Fsp3) is 0.278. The number of quaternary nitrogens is 1. The molecule has 0 aromatic heterocycles. The van der Waals surface area contributed by atoms with E-state index >= 15 is 0 Å². The lowest BCUT2D eigenvalue weighted by Gasteiger charge is -2.22. The first-order valence-electron chi connectivity index (χ1n) is 7.62. The second kappa shape index (κ2) is 9.00. The number of aliphatic carboxylic acids is 1. The first-order chi connectivity index (χ1) is 11.5. The van der Waals surface area contributed by atoms with Gasteiger partial charge in [0, 0.05) is 9.13 Å². The van der Waals surface area contributed by atoms with Gasteiger partial charge in [0.1, 0.15) is 12.3 Å². The van der Waals surface area contributed by atoms with Crippen LogP contribution in [-0.4, -0.2) is 24.7 Å². The Morgan fingerprint density at radius 3 is 2.54 bits per heavy atom. The first kappa shape index (κ1) is 18.7. The molecule has 0 aliphatic rings. The Morgan fingerprint density at radius 2 is 1.92 bits per heavy atom.